The van der Waals surface area contributed by atoms with Crippen LogP contribution in [0.15, 0.2) is 42.5 Å². The van der Waals surface area contributed by atoms with E-state index in [0.29, 0.717) is 5.56 Å². The van der Waals surface area contributed by atoms with Crippen LogP contribution in [0.5, 0.6) is 0 Å². The van der Waals surface area contributed by atoms with Gasteiger partial charge in [0.05, 0.1) is 0 Å². The molecule has 0 aliphatic heterocycles. The molecule has 28 heavy (non-hydrogen) atoms. The maximum absolute atomic E-state index is 13.1. The van der Waals surface area contributed by atoms with E-state index in [4.69, 9.17) is 4.98 Å². The van der Waals surface area contributed by atoms with E-state index in [1.807, 2.05) is 42.5 Å². The van der Waals surface area contributed by atoms with Crippen molar-refractivity contribution in [3.8, 4) is 0 Å². The summed E-state index contributed by atoms with van der Waals surface area (Å²) in [6.45, 7) is 12.4. The molecular formula is C23H31N3O2. The molecule has 0 spiro atoms. The minimum absolute atomic E-state index is 0.198. The monoisotopic (exact) mass is 381 g/mol. The second kappa shape index (κ2) is 8.13. The Morgan fingerprint density at radius 1 is 0.893 bits per heavy atom. The molecule has 1 aromatic heterocycles. The van der Waals surface area contributed by atoms with E-state index in [1.165, 1.54) is 0 Å². The van der Waals surface area contributed by atoms with Gasteiger partial charge in [0, 0.05) is 34.8 Å². The van der Waals surface area contributed by atoms with E-state index in [0.717, 1.165) is 17.0 Å². The van der Waals surface area contributed by atoms with Crippen molar-refractivity contribution in [2.24, 2.45) is 0 Å². The molecule has 0 aliphatic carbocycles. The number of aromatic nitrogens is 1. The normalized spacial score (nSPS) is 13.0. The topological polar surface area (TPSA) is 71.1 Å². The maximum Gasteiger partial charge on any atom is 0.252 e. The summed E-state index contributed by atoms with van der Waals surface area (Å²) in [6, 6.07) is 12.1. The van der Waals surface area contributed by atoms with E-state index in [9.17, 15) is 9.59 Å². The standard InChI is InChI=1S/C23H31N3O2/c1-22(2,3)17-13-16(14-18(25-17)23(4,5)6)20(27)26-19(21(28)24-7)15-11-9-8-10-12-15/h8-14,19H,1-7H3,(H,24,28)(H,26,27). The van der Waals surface area contributed by atoms with Crippen LogP contribution in [0.3, 0.4) is 0 Å². The van der Waals surface area contributed by atoms with Crippen LogP contribution in [0, 0.1) is 0 Å². The summed E-state index contributed by atoms with van der Waals surface area (Å²) in [5.41, 5.74) is 2.54. The first kappa shape index (κ1) is 21.6. The number of carbonyl (C=O) groups excluding carboxylic acids is 2. The predicted molar refractivity (Wildman–Crippen MR) is 112 cm³/mol. The Morgan fingerprint density at radius 2 is 1.39 bits per heavy atom. The van der Waals surface area contributed by atoms with Crippen LogP contribution < -0.4 is 10.6 Å². The first-order valence-electron chi connectivity index (χ1n) is 9.54. The average molecular weight is 382 g/mol. The van der Waals surface area contributed by atoms with Crippen molar-refractivity contribution in [3.63, 3.8) is 0 Å². The van der Waals surface area contributed by atoms with E-state index in [2.05, 4.69) is 52.2 Å². The molecule has 2 aromatic rings. The van der Waals surface area contributed by atoms with Gasteiger partial charge in [-0.05, 0) is 17.7 Å². The van der Waals surface area contributed by atoms with Gasteiger partial charge in [0.1, 0.15) is 6.04 Å². The molecule has 5 nitrogen and oxygen atoms in total. The van der Waals surface area contributed by atoms with Crippen LogP contribution in [-0.4, -0.2) is 23.8 Å². The fourth-order valence-corrected chi connectivity index (χ4v) is 2.73. The van der Waals surface area contributed by atoms with Crippen LogP contribution >= 0.6 is 0 Å². The minimum Gasteiger partial charge on any atom is -0.357 e. The molecule has 2 rings (SSSR count). The maximum atomic E-state index is 13.1. The highest BCUT2D eigenvalue weighted by atomic mass is 16.2. The Balaban J connectivity index is 2.45. The number of hydrogen-bond donors (Lipinski definition) is 2. The van der Waals surface area contributed by atoms with Gasteiger partial charge in [0.15, 0.2) is 0 Å². The molecule has 1 atom stereocenters. The fourth-order valence-electron chi connectivity index (χ4n) is 2.73. The van der Waals surface area contributed by atoms with Crippen LogP contribution in [0.4, 0.5) is 0 Å². The third-order valence-corrected chi connectivity index (χ3v) is 4.54. The molecule has 5 heteroatoms. The summed E-state index contributed by atoms with van der Waals surface area (Å²) in [6.07, 6.45) is 0. The lowest BCUT2D eigenvalue weighted by molar-refractivity contribution is -0.122. The SMILES string of the molecule is CNC(=O)C(NC(=O)c1cc(C(C)(C)C)nc(C(C)(C)C)c1)c1ccccc1. The van der Waals surface area contributed by atoms with E-state index in [1.54, 1.807) is 7.05 Å². The zero-order valence-electron chi connectivity index (χ0n) is 17.9. The highest BCUT2D eigenvalue weighted by molar-refractivity contribution is 5.98. The number of amides is 2. The van der Waals surface area contributed by atoms with Gasteiger partial charge < -0.3 is 10.6 Å². The van der Waals surface area contributed by atoms with Crippen molar-refractivity contribution in [1.29, 1.82) is 0 Å². The van der Waals surface area contributed by atoms with Crippen molar-refractivity contribution in [1.82, 2.24) is 15.6 Å². The quantitative estimate of drug-likeness (QED) is 0.844. The summed E-state index contributed by atoms with van der Waals surface area (Å²) >= 11 is 0. The Labute approximate surface area is 168 Å². The molecule has 1 unspecified atom stereocenters. The number of nitrogens with one attached hydrogen (secondary N) is 2. The highest BCUT2D eigenvalue weighted by Crippen LogP contribution is 2.27. The first-order chi connectivity index (χ1) is 12.9. The van der Waals surface area contributed by atoms with Crippen molar-refractivity contribution in [3.05, 3.63) is 65.0 Å². The van der Waals surface area contributed by atoms with E-state index in [-0.39, 0.29) is 22.6 Å². The number of benzene rings is 1. The number of rotatable bonds is 4. The molecule has 1 aromatic carbocycles. The number of hydrogen-bond acceptors (Lipinski definition) is 3. The van der Waals surface area contributed by atoms with E-state index < -0.39 is 6.04 Å². The smallest absolute Gasteiger partial charge is 0.252 e. The molecule has 0 saturated heterocycles. The third kappa shape index (κ3) is 5.18. The predicted octanol–water partition coefficient (Wildman–Crippen LogP) is 3.89. The van der Waals surface area contributed by atoms with Gasteiger partial charge in [-0.1, -0.05) is 71.9 Å². The molecular weight excluding hydrogens is 350 g/mol. The molecule has 0 fully saturated rings. The lowest BCUT2D eigenvalue weighted by Crippen LogP contribution is -2.39. The molecule has 2 N–H and O–H groups in total. The number of carbonyl (C=O) groups is 2. The van der Waals surface area contributed by atoms with Crippen molar-refractivity contribution >= 4 is 11.8 Å². The molecule has 150 valence electrons. The summed E-state index contributed by atoms with van der Waals surface area (Å²) in [5, 5.41) is 5.50. The minimum atomic E-state index is -0.761. The highest BCUT2D eigenvalue weighted by Gasteiger charge is 2.26. The van der Waals surface area contributed by atoms with Crippen LogP contribution in [-0.2, 0) is 15.6 Å². The van der Waals surface area contributed by atoms with Crippen molar-refractivity contribution in [2.75, 3.05) is 7.05 Å². The second-order valence-electron chi connectivity index (χ2n) is 9.06. The fraction of sp³-hybridized carbons (Fsp3) is 0.435. The number of likely N-dealkylation sites (N-methyl/N-ethyl adjacent to an activating group) is 1. The first-order valence-corrected chi connectivity index (χ1v) is 9.54. The van der Waals surface area contributed by atoms with E-state index >= 15 is 0 Å². The Kier molecular flexibility index (Phi) is 6.27. The summed E-state index contributed by atoms with van der Waals surface area (Å²) < 4.78 is 0. The Hall–Kier alpha value is -2.69. The largest absolute Gasteiger partial charge is 0.357 e. The number of pyridine rings is 1. The molecule has 1 heterocycles. The van der Waals surface area contributed by atoms with Crippen molar-refractivity contribution < 1.29 is 9.59 Å². The van der Waals surface area contributed by atoms with Gasteiger partial charge in [-0.25, -0.2) is 0 Å². The van der Waals surface area contributed by atoms with Crippen LogP contribution in [0.1, 0.15) is 74.9 Å². The zero-order chi connectivity index (χ0) is 21.1. The zero-order valence-corrected chi connectivity index (χ0v) is 17.9. The molecule has 2 amide bonds. The Morgan fingerprint density at radius 3 is 1.82 bits per heavy atom. The third-order valence-electron chi connectivity index (χ3n) is 4.54. The van der Waals surface area contributed by atoms with Gasteiger partial charge in [-0.3, -0.25) is 14.6 Å². The van der Waals surface area contributed by atoms with Gasteiger partial charge in [0.2, 0.25) is 5.91 Å². The number of nitrogens with zero attached hydrogens (tertiary/aromatic N) is 1. The van der Waals surface area contributed by atoms with Gasteiger partial charge >= 0.3 is 0 Å². The van der Waals surface area contributed by atoms with Gasteiger partial charge in [-0.15, -0.1) is 0 Å². The van der Waals surface area contributed by atoms with Gasteiger partial charge in [0.25, 0.3) is 5.91 Å². The molecule has 0 radical (unpaired) electrons. The molecule has 0 aliphatic rings. The second-order valence-corrected chi connectivity index (χ2v) is 9.06. The lowest BCUT2D eigenvalue weighted by atomic mass is 9.86. The Bertz CT molecular complexity index is 814. The molecule has 0 bridgehead atoms. The average Bonchev–Trinajstić information content (AvgIpc) is 2.64. The summed E-state index contributed by atoms with van der Waals surface area (Å²) in [4.78, 5) is 30.3. The summed E-state index contributed by atoms with van der Waals surface area (Å²) in [7, 11) is 1.56. The molecule has 0 saturated carbocycles. The van der Waals surface area contributed by atoms with Crippen LogP contribution in [0.25, 0.3) is 0 Å². The van der Waals surface area contributed by atoms with Crippen molar-refractivity contribution in [2.45, 2.75) is 58.4 Å². The van der Waals surface area contributed by atoms with Crippen LogP contribution in [0.2, 0.25) is 0 Å². The lowest BCUT2D eigenvalue weighted by Gasteiger charge is -2.25. The summed E-state index contributed by atoms with van der Waals surface area (Å²) in [5.74, 6) is -0.559. The van der Waals surface area contributed by atoms with Gasteiger partial charge in [-0.2, -0.15) is 0 Å².